The molecule has 2 atom stereocenters. The number of nitrogens with zero attached hydrogens (tertiary/aromatic N) is 2. The number of hydrogen-bond acceptors (Lipinski definition) is 3. The molecule has 0 saturated heterocycles. The summed E-state index contributed by atoms with van der Waals surface area (Å²) in [6, 6.07) is 8.53. The zero-order valence-electron chi connectivity index (χ0n) is 20.1. The minimum absolute atomic E-state index is 0.157. The van der Waals surface area contributed by atoms with Crippen LogP contribution in [0.5, 0.6) is 0 Å². The van der Waals surface area contributed by atoms with Crippen LogP contribution in [0.1, 0.15) is 114 Å². The maximum Gasteiger partial charge on any atom is 0.145 e. The number of ketones is 1. The Morgan fingerprint density at radius 2 is 1.03 bits per heavy atom. The minimum Gasteiger partial charge on any atom is -0.298 e. The van der Waals surface area contributed by atoms with Gasteiger partial charge in [0.2, 0.25) is 0 Å². The topological polar surface area (TPSA) is 42.9 Å². The molecule has 0 amide bonds. The fourth-order valence-electron chi connectivity index (χ4n) is 6.86. The SMILES string of the molecule is CC(CC1(C(=O)C2(CC(C)c3ccncc3)CCCCC2)CCCCC1)c1ccncc1. The van der Waals surface area contributed by atoms with Crippen LogP contribution in [0.4, 0.5) is 0 Å². The van der Waals surface area contributed by atoms with Gasteiger partial charge in [0.1, 0.15) is 5.78 Å². The summed E-state index contributed by atoms with van der Waals surface area (Å²) < 4.78 is 0. The first-order valence-electron chi connectivity index (χ1n) is 12.9. The predicted molar refractivity (Wildman–Crippen MR) is 131 cm³/mol. The molecule has 2 unspecified atom stereocenters. The summed E-state index contributed by atoms with van der Waals surface area (Å²) in [5, 5.41) is 0. The third kappa shape index (κ3) is 4.97. The Morgan fingerprint density at radius 3 is 1.38 bits per heavy atom. The maximum atomic E-state index is 14.7. The molecular formula is C29H40N2O. The maximum absolute atomic E-state index is 14.7. The minimum atomic E-state index is -0.157. The van der Waals surface area contributed by atoms with Crippen LogP contribution < -0.4 is 0 Å². The summed E-state index contributed by atoms with van der Waals surface area (Å²) in [6.07, 6.45) is 21.2. The van der Waals surface area contributed by atoms with Gasteiger partial charge in [0.15, 0.2) is 0 Å². The molecule has 4 rings (SSSR count). The lowest BCUT2D eigenvalue weighted by Crippen LogP contribution is -2.47. The van der Waals surface area contributed by atoms with E-state index in [2.05, 4.69) is 48.1 Å². The molecule has 2 saturated carbocycles. The van der Waals surface area contributed by atoms with Crippen molar-refractivity contribution in [3.63, 3.8) is 0 Å². The fraction of sp³-hybridized carbons (Fsp3) is 0.621. The number of rotatable bonds is 8. The third-order valence-corrected chi connectivity index (χ3v) is 8.53. The van der Waals surface area contributed by atoms with Crippen LogP contribution in [0, 0.1) is 10.8 Å². The van der Waals surface area contributed by atoms with Gasteiger partial charge in [0.05, 0.1) is 0 Å². The second-order valence-electron chi connectivity index (χ2n) is 10.8. The second-order valence-corrected chi connectivity index (χ2v) is 10.8. The fourth-order valence-corrected chi connectivity index (χ4v) is 6.86. The lowest BCUT2D eigenvalue weighted by molar-refractivity contribution is -0.145. The van der Waals surface area contributed by atoms with Gasteiger partial charge in [-0.3, -0.25) is 14.8 Å². The highest BCUT2D eigenvalue weighted by atomic mass is 16.1. The van der Waals surface area contributed by atoms with Gasteiger partial charge >= 0.3 is 0 Å². The Kier molecular flexibility index (Phi) is 7.43. The Hall–Kier alpha value is -2.03. The number of aromatic nitrogens is 2. The van der Waals surface area contributed by atoms with E-state index in [4.69, 9.17) is 0 Å². The van der Waals surface area contributed by atoms with E-state index in [1.165, 1.54) is 49.7 Å². The van der Waals surface area contributed by atoms with E-state index < -0.39 is 0 Å². The molecule has 0 bridgehead atoms. The average Bonchev–Trinajstić information content (AvgIpc) is 2.85. The van der Waals surface area contributed by atoms with Gasteiger partial charge in [-0.2, -0.15) is 0 Å². The zero-order valence-corrected chi connectivity index (χ0v) is 20.1. The number of carbonyl (C=O) groups excluding carboxylic acids is 1. The predicted octanol–water partition coefficient (Wildman–Crippen LogP) is 7.63. The van der Waals surface area contributed by atoms with Crippen molar-refractivity contribution in [2.24, 2.45) is 10.8 Å². The normalized spacial score (nSPS) is 22.1. The molecule has 2 aromatic heterocycles. The standard InChI is InChI=1S/C29H40N2O/c1-23(25-9-17-30-18-10-25)21-28(13-5-3-6-14-28)27(32)29(15-7-4-8-16-29)22-24(2)26-11-19-31-20-12-26/h9-12,17-20,23-24H,3-8,13-16,21-22H2,1-2H3. The van der Waals surface area contributed by atoms with Crippen LogP contribution in [0.3, 0.4) is 0 Å². The van der Waals surface area contributed by atoms with Crippen LogP contribution >= 0.6 is 0 Å². The Bertz CT molecular complexity index is 780. The average molecular weight is 433 g/mol. The van der Waals surface area contributed by atoms with Crippen LogP contribution in [0.25, 0.3) is 0 Å². The molecule has 172 valence electrons. The van der Waals surface area contributed by atoms with Gasteiger partial charge in [-0.25, -0.2) is 0 Å². The van der Waals surface area contributed by atoms with Crippen LogP contribution in [-0.2, 0) is 4.79 Å². The largest absolute Gasteiger partial charge is 0.298 e. The van der Waals surface area contributed by atoms with Gasteiger partial charge in [-0.15, -0.1) is 0 Å². The van der Waals surface area contributed by atoms with Gasteiger partial charge in [-0.1, -0.05) is 52.4 Å². The van der Waals surface area contributed by atoms with Crippen LogP contribution in [0.15, 0.2) is 49.1 Å². The molecule has 0 aromatic carbocycles. The Labute approximate surface area is 194 Å². The van der Waals surface area contributed by atoms with E-state index in [1.54, 1.807) is 0 Å². The van der Waals surface area contributed by atoms with Crippen molar-refractivity contribution < 1.29 is 4.79 Å². The van der Waals surface area contributed by atoms with E-state index in [-0.39, 0.29) is 10.8 Å². The smallest absolute Gasteiger partial charge is 0.145 e. The summed E-state index contributed by atoms with van der Waals surface area (Å²) in [7, 11) is 0. The van der Waals surface area contributed by atoms with Gasteiger partial charge in [0.25, 0.3) is 0 Å². The number of pyridine rings is 2. The zero-order chi connectivity index (χ0) is 22.4. The van der Waals surface area contributed by atoms with Crippen molar-refractivity contribution in [1.29, 1.82) is 0 Å². The molecule has 2 fully saturated rings. The van der Waals surface area contributed by atoms with Crippen molar-refractivity contribution in [1.82, 2.24) is 9.97 Å². The van der Waals surface area contributed by atoms with Crippen molar-refractivity contribution in [3.8, 4) is 0 Å². The lowest BCUT2D eigenvalue weighted by Gasteiger charge is -2.47. The van der Waals surface area contributed by atoms with Crippen molar-refractivity contribution in [2.75, 3.05) is 0 Å². The molecule has 2 aromatic rings. The summed E-state index contributed by atoms with van der Waals surface area (Å²) >= 11 is 0. The first-order chi connectivity index (χ1) is 15.5. The van der Waals surface area contributed by atoms with Gasteiger partial charge in [-0.05, 0) is 85.8 Å². The van der Waals surface area contributed by atoms with Crippen molar-refractivity contribution in [2.45, 2.75) is 103 Å². The summed E-state index contributed by atoms with van der Waals surface area (Å²) in [6.45, 7) is 4.62. The van der Waals surface area contributed by atoms with Crippen LogP contribution in [0.2, 0.25) is 0 Å². The number of hydrogen-bond donors (Lipinski definition) is 0. The van der Waals surface area contributed by atoms with Crippen molar-refractivity contribution in [3.05, 3.63) is 60.2 Å². The van der Waals surface area contributed by atoms with Gasteiger partial charge < -0.3 is 0 Å². The summed E-state index contributed by atoms with van der Waals surface area (Å²) in [4.78, 5) is 23.1. The first kappa shape index (κ1) is 23.1. The summed E-state index contributed by atoms with van der Waals surface area (Å²) in [5.74, 6) is 1.39. The summed E-state index contributed by atoms with van der Waals surface area (Å²) in [5.41, 5.74) is 2.33. The molecule has 0 aliphatic heterocycles. The highest BCUT2D eigenvalue weighted by Gasteiger charge is 2.51. The molecule has 3 nitrogen and oxygen atoms in total. The van der Waals surface area contributed by atoms with E-state index >= 15 is 0 Å². The van der Waals surface area contributed by atoms with Crippen LogP contribution in [-0.4, -0.2) is 15.8 Å². The molecule has 2 heterocycles. The van der Waals surface area contributed by atoms with E-state index in [0.29, 0.717) is 17.6 Å². The number of carbonyl (C=O) groups is 1. The van der Waals surface area contributed by atoms with E-state index in [9.17, 15) is 4.79 Å². The number of Topliss-reactive ketones (excluding diaryl/α,β-unsaturated/α-hetero) is 1. The molecule has 2 aliphatic carbocycles. The highest BCUT2D eigenvalue weighted by Crippen LogP contribution is 2.54. The molecular weight excluding hydrogens is 392 g/mol. The van der Waals surface area contributed by atoms with Gasteiger partial charge in [0, 0.05) is 35.6 Å². The Morgan fingerprint density at radius 1 is 0.688 bits per heavy atom. The monoisotopic (exact) mass is 432 g/mol. The third-order valence-electron chi connectivity index (χ3n) is 8.53. The lowest BCUT2D eigenvalue weighted by atomic mass is 9.55. The molecule has 0 N–H and O–H groups in total. The molecule has 0 radical (unpaired) electrons. The molecule has 3 heteroatoms. The van der Waals surface area contributed by atoms with E-state index in [1.807, 2.05) is 24.8 Å². The van der Waals surface area contributed by atoms with E-state index in [0.717, 1.165) is 38.5 Å². The molecule has 2 aliphatic rings. The van der Waals surface area contributed by atoms with Crippen molar-refractivity contribution >= 4 is 5.78 Å². The molecule has 0 spiro atoms. The Balaban J connectivity index is 1.63. The first-order valence-corrected chi connectivity index (χ1v) is 12.9. The molecule has 32 heavy (non-hydrogen) atoms. The highest BCUT2D eigenvalue weighted by molar-refractivity contribution is 5.90. The quantitative estimate of drug-likeness (QED) is 0.430. The second kappa shape index (κ2) is 10.3.